The molecule has 17 heavy (non-hydrogen) atoms. The summed E-state index contributed by atoms with van der Waals surface area (Å²) in [6, 6.07) is 10.8. The Bertz CT molecular complexity index is 520. The molecule has 2 heterocycles. The second-order valence-electron chi connectivity index (χ2n) is 4.42. The molecular formula is C14H14BrNS. The second-order valence-corrected chi connectivity index (χ2v) is 6.28. The molecule has 1 aliphatic rings. The number of fused-ring (bicyclic) bond motifs is 1. The van der Waals surface area contributed by atoms with E-state index in [1.54, 1.807) is 4.88 Å². The van der Waals surface area contributed by atoms with Gasteiger partial charge < -0.3 is 0 Å². The molecule has 0 radical (unpaired) electrons. The lowest BCUT2D eigenvalue weighted by atomic mass is 10.1. The maximum atomic E-state index is 3.62. The monoisotopic (exact) mass is 307 g/mol. The fourth-order valence-corrected chi connectivity index (χ4v) is 3.61. The highest BCUT2D eigenvalue weighted by Gasteiger charge is 2.17. The van der Waals surface area contributed by atoms with Crippen molar-refractivity contribution in [2.24, 2.45) is 0 Å². The highest BCUT2D eigenvalue weighted by atomic mass is 79.9. The lowest BCUT2D eigenvalue weighted by Gasteiger charge is -2.27. The molecule has 0 saturated heterocycles. The Balaban J connectivity index is 1.74. The molecule has 3 heteroatoms. The minimum Gasteiger partial charge on any atom is -0.294 e. The van der Waals surface area contributed by atoms with Crippen LogP contribution in [-0.4, -0.2) is 11.4 Å². The van der Waals surface area contributed by atoms with Crippen molar-refractivity contribution in [1.29, 1.82) is 0 Å². The van der Waals surface area contributed by atoms with Gasteiger partial charge in [0.05, 0.1) is 0 Å². The van der Waals surface area contributed by atoms with E-state index in [9.17, 15) is 0 Å². The molecule has 0 N–H and O–H groups in total. The maximum Gasteiger partial charge on any atom is 0.0248 e. The van der Waals surface area contributed by atoms with Crippen LogP contribution in [0.2, 0.25) is 0 Å². The molecule has 3 rings (SSSR count). The van der Waals surface area contributed by atoms with Crippen molar-refractivity contribution in [3.05, 3.63) is 56.2 Å². The molecule has 2 aromatic rings. The number of hydrogen-bond donors (Lipinski definition) is 0. The molecule has 0 bridgehead atoms. The Hall–Kier alpha value is -0.640. The van der Waals surface area contributed by atoms with E-state index in [4.69, 9.17) is 0 Å². The van der Waals surface area contributed by atoms with E-state index < -0.39 is 0 Å². The van der Waals surface area contributed by atoms with Gasteiger partial charge in [-0.25, -0.2) is 0 Å². The Labute approximate surface area is 114 Å². The first-order chi connectivity index (χ1) is 8.33. The van der Waals surface area contributed by atoms with Crippen LogP contribution >= 0.6 is 27.3 Å². The summed E-state index contributed by atoms with van der Waals surface area (Å²) in [6.07, 6.45) is 1.21. The second kappa shape index (κ2) is 4.92. The van der Waals surface area contributed by atoms with Gasteiger partial charge >= 0.3 is 0 Å². The highest BCUT2D eigenvalue weighted by Crippen LogP contribution is 2.26. The van der Waals surface area contributed by atoms with Crippen molar-refractivity contribution in [1.82, 2.24) is 4.90 Å². The van der Waals surface area contributed by atoms with Crippen LogP contribution in [0.25, 0.3) is 0 Å². The number of hydrogen-bond acceptors (Lipinski definition) is 2. The summed E-state index contributed by atoms with van der Waals surface area (Å²) in [6.45, 7) is 3.31. The van der Waals surface area contributed by atoms with Gasteiger partial charge in [0.15, 0.2) is 0 Å². The summed E-state index contributed by atoms with van der Waals surface area (Å²) in [7, 11) is 0. The van der Waals surface area contributed by atoms with E-state index in [1.807, 2.05) is 11.3 Å². The quantitative estimate of drug-likeness (QED) is 0.808. The zero-order valence-corrected chi connectivity index (χ0v) is 11.9. The number of rotatable bonds is 2. The van der Waals surface area contributed by atoms with Crippen molar-refractivity contribution in [3.8, 4) is 0 Å². The molecule has 88 valence electrons. The molecule has 0 aliphatic carbocycles. The molecule has 0 fully saturated rings. The van der Waals surface area contributed by atoms with Gasteiger partial charge in [-0.2, -0.15) is 0 Å². The summed E-state index contributed by atoms with van der Waals surface area (Å²) in [5.74, 6) is 0. The van der Waals surface area contributed by atoms with Crippen LogP contribution < -0.4 is 0 Å². The minimum absolute atomic E-state index is 1.04. The third kappa shape index (κ3) is 2.46. The third-order valence-corrected chi connectivity index (χ3v) is 5.04. The Kier molecular flexibility index (Phi) is 3.32. The first kappa shape index (κ1) is 11.5. The highest BCUT2D eigenvalue weighted by molar-refractivity contribution is 9.10. The lowest BCUT2D eigenvalue weighted by molar-refractivity contribution is 0.247. The zero-order valence-electron chi connectivity index (χ0n) is 9.53. The summed E-state index contributed by atoms with van der Waals surface area (Å²) in [5, 5.41) is 2.21. The van der Waals surface area contributed by atoms with Crippen LogP contribution in [0.3, 0.4) is 0 Å². The van der Waals surface area contributed by atoms with Gasteiger partial charge in [-0.15, -0.1) is 11.3 Å². The molecule has 0 atom stereocenters. The predicted octanol–water partition coefficient (Wildman–Crippen LogP) is 4.07. The van der Waals surface area contributed by atoms with Crippen LogP contribution in [0.4, 0.5) is 0 Å². The van der Waals surface area contributed by atoms with E-state index in [1.165, 1.54) is 28.6 Å². The Morgan fingerprint density at radius 3 is 3.00 bits per heavy atom. The van der Waals surface area contributed by atoms with Crippen LogP contribution in [0.15, 0.2) is 40.2 Å². The van der Waals surface area contributed by atoms with Crippen molar-refractivity contribution >= 4 is 27.3 Å². The fourth-order valence-electron chi connectivity index (χ4n) is 2.31. The maximum absolute atomic E-state index is 3.62. The van der Waals surface area contributed by atoms with Gasteiger partial charge in [-0.1, -0.05) is 34.1 Å². The van der Waals surface area contributed by atoms with Crippen molar-refractivity contribution in [3.63, 3.8) is 0 Å². The summed E-state index contributed by atoms with van der Waals surface area (Å²) in [5.41, 5.74) is 2.90. The average molecular weight is 308 g/mol. The SMILES string of the molecule is Brc1ccccc1CN1CCc2sccc2C1. The number of nitrogens with zero attached hydrogens (tertiary/aromatic N) is 1. The minimum atomic E-state index is 1.04. The predicted molar refractivity (Wildman–Crippen MR) is 76.3 cm³/mol. The number of thiophene rings is 1. The lowest BCUT2D eigenvalue weighted by Crippen LogP contribution is -2.29. The topological polar surface area (TPSA) is 3.24 Å². The van der Waals surface area contributed by atoms with Gasteiger partial charge in [-0.3, -0.25) is 4.90 Å². The summed E-state index contributed by atoms with van der Waals surface area (Å²) < 4.78 is 1.22. The van der Waals surface area contributed by atoms with E-state index in [-0.39, 0.29) is 0 Å². The molecule has 1 nitrogen and oxygen atoms in total. The van der Waals surface area contributed by atoms with E-state index in [0.29, 0.717) is 0 Å². The molecule has 0 unspecified atom stereocenters. The van der Waals surface area contributed by atoms with Crippen LogP contribution in [0, 0.1) is 0 Å². The van der Waals surface area contributed by atoms with Crippen LogP contribution in [-0.2, 0) is 19.5 Å². The smallest absolute Gasteiger partial charge is 0.0248 e. The van der Waals surface area contributed by atoms with E-state index in [2.05, 4.69) is 56.5 Å². The first-order valence-corrected chi connectivity index (χ1v) is 7.51. The standard InChI is InChI=1S/C14H14BrNS/c15-13-4-2-1-3-11(13)9-16-7-5-14-12(10-16)6-8-17-14/h1-4,6,8H,5,7,9-10H2. The van der Waals surface area contributed by atoms with Crippen molar-refractivity contribution in [2.75, 3.05) is 6.54 Å². The Morgan fingerprint density at radius 2 is 2.12 bits per heavy atom. The number of halogens is 1. The van der Waals surface area contributed by atoms with Gasteiger partial charge in [0.1, 0.15) is 0 Å². The third-order valence-electron chi connectivity index (χ3n) is 3.24. The van der Waals surface area contributed by atoms with Gasteiger partial charge in [0, 0.05) is 29.0 Å². The number of benzene rings is 1. The fraction of sp³-hybridized carbons (Fsp3) is 0.286. The van der Waals surface area contributed by atoms with Crippen LogP contribution in [0.5, 0.6) is 0 Å². The van der Waals surface area contributed by atoms with Gasteiger partial charge in [0.25, 0.3) is 0 Å². The largest absolute Gasteiger partial charge is 0.294 e. The average Bonchev–Trinajstić information content (AvgIpc) is 2.79. The van der Waals surface area contributed by atoms with Crippen molar-refractivity contribution < 1.29 is 0 Å². The molecule has 0 saturated carbocycles. The molecule has 0 spiro atoms. The molecule has 1 aromatic carbocycles. The Morgan fingerprint density at radius 1 is 1.24 bits per heavy atom. The normalized spacial score (nSPS) is 15.8. The van der Waals surface area contributed by atoms with E-state index >= 15 is 0 Å². The van der Waals surface area contributed by atoms with Gasteiger partial charge in [-0.05, 0) is 35.1 Å². The first-order valence-electron chi connectivity index (χ1n) is 5.84. The van der Waals surface area contributed by atoms with E-state index in [0.717, 1.165) is 13.1 Å². The van der Waals surface area contributed by atoms with Gasteiger partial charge in [0.2, 0.25) is 0 Å². The van der Waals surface area contributed by atoms with Crippen molar-refractivity contribution in [2.45, 2.75) is 19.5 Å². The summed E-state index contributed by atoms with van der Waals surface area (Å²) >= 11 is 5.52. The summed E-state index contributed by atoms with van der Waals surface area (Å²) in [4.78, 5) is 4.10. The molecule has 1 aliphatic heterocycles. The molecule has 0 amide bonds. The molecule has 1 aromatic heterocycles. The molecular weight excluding hydrogens is 294 g/mol. The zero-order chi connectivity index (χ0) is 11.7. The van der Waals surface area contributed by atoms with Crippen LogP contribution in [0.1, 0.15) is 16.0 Å².